The van der Waals surface area contributed by atoms with Crippen LogP contribution in [0.15, 0.2) is 115 Å². The molecule has 2 aliphatic rings. The highest BCUT2D eigenvalue weighted by atomic mass is 16.5. The second-order valence-electron chi connectivity index (χ2n) is 21.7. The molecule has 11 rings (SSSR count). The smallest absolute Gasteiger partial charge is 0.198 e. The fourth-order valence-electron chi connectivity index (χ4n) is 10.7. The van der Waals surface area contributed by atoms with Gasteiger partial charge in [0.25, 0.3) is 0 Å². The SMILES string of the molecule is CC(C)(C)c1ccc(-c2nc3c(N4CCN(CCOc5cccc(N)c5N)CC4)c(CC(C)(C)c4ccc(-c5nc6c(N7CCN(CCOc8cccc9[nH]c(N)nc89)CC7)cccc6[nH]5)cc4)ccc3[nH]2)cc1. The highest BCUT2D eigenvalue weighted by molar-refractivity contribution is 5.94. The molecule has 382 valence electrons. The number of fused-ring (bicyclic) bond motifs is 3. The number of rotatable bonds is 15. The lowest BCUT2D eigenvalue weighted by atomic mass is 9.78. The van der Waals surface area contributed by atoms with Crippen molar-refractivity contribution in [1.29, 1.82) is 0 Å². The van der Waals surface area contributed by atoms with E-state index >= 15 is 0 Å². The maximum absolute atomic E-state index is 6.20. The van der Waals surface area contributed by atoms with Crippen molar-refractivity contribution < 1.29 is 9.47 Å². The zero-order chi connectivity index (χ0) is 51.1. The van der Waals surface area contributed by atoms with E-state index < -0.39 is 0 Å². The number of piperazine rings is 2. The van der Waals surface area contributed by atoms with Crippen molar-refractivity contribution in [2.24, 2.45) is 0 Å². The minimum absolute atomic E-state index is 0.0711. The van der Waals surface area contributed by atoms with E-state index in [0.717, 1.165) is 139 Å². The molecule has 9 aromatic rings. The summed E-state index contributed by atoms with van der Waals surface area (Å²) < 4.78 is 12.3. The van der Waals surface area contributed by atoms with E-state index in [1.165, 1.54) is 22.4 Å². The first-order chi connectivity index (χ1) is 35.7. The minimum atomic E-state index is -0.192. The van der Waals surface area contributed by atoms with Crippen molar-refractivity contribution >= 4 is 61.8 Å². The molecule has 74 heavy (non-hydrogen) atoms. The van der Waals surface area contributed by atoms with Crippen LogP contribution < -0.4 is 36.5 Å². The number of hydrogen-bond acceptors (Lipinski definition) is 12. The first-order valence-electron chi connectivity index (χ1n) is 26.0. The van der Waals surface area contributed by atoms with Gasteiger partial charge in [-0.2, -0.15) is 0 Å². The highest BCUT2D eigenvalue weighted by Gasteiger charge is 2.29. The van der Waals surface area contributed by atoms with Crippen LogP contribution in [-0.4, -0.2) is 118 Å². The van der Waals surface area contributed by atoms with Gasteiger partial charge in [0.15, 0.2) is 5.95 Å². The highest BCUT2D eigenvalue weighted by Crippen LogP contribution is 2.39. The van der Waals surface area contributed by atoms with Gasteiger partial charge in [-0.05, 0) is 76.4 Å². The predicted octanol–water partition coefficient (Wildman–Crippen LogP) is 9.62. The maximum Gasteiger partial charge on any atom is 0.198 e. The molecule has 9 N–H and O–H groups in total. The van der Waals surface area contributed by atoms with Crippen LogP contribution in [0, 0.1) is 0 Å². The Morgan fingerprint density at radius 3 is 1.70 bits per heavy atom. The average molecular weight is 992 g/mol. The number of H-pyrrole nitrogens is 3. The van der Waals surface area contributed by atoms with E-state index in [1.54, 1.807) is 6.07 Å². The van der Waals surface area contributed by atoms with Gasteiger partial charge in [0.05, 0.1) is 39.3 Å². The van der Waals surface area contributed by atoms with E-state index in [4.69, 9.17) is 36.6 Å². The fraction of sp³-hybridized carbons (Fsp3) is 0.339. The molecular formula is C59H69N13O2. The number of benzene rings is 6. The Labute approximate surface area is 433 Å². The van der Waals surface area contributed by atoms with Crippen molar-refractivity contribution in [1.82, 2.24) is 39.7 Å². The summed E-state index contributed by atoms with van der Waals surface area (Å²) in [6.07, 6.45) is 0.835. The number of imidazole rings is 3. The normalized spacial score (nSPS) is 15.2. The van der Waals surface area contributed by atoms with Crippen LogP contribution in [0.4, 0.5) is 28.7 Å². The minimum Gasteiger partial charge on any atom is -0.490 e. The molecule has 6 aromatic carbocycles. The number of nitrogens with zero attached hydrogens (tertiary/aromatic N) is 7. The van der Waals surface area contributed by atoms with Crippen molar-refractivity contribution in [2.75, 3.05) is 106 Å². The number of nitrogens with one attached hydrogen (secondary N) is 3. The van der Waals surface area contributed by atoms with Gasteiger partial charge >= 0.3 is 0 Å². The number of aromatic nitrogens is 6. The lowest BCUT2D eigenvalue weighted by Crippen LogP contribution is -2.48. The Morgan fingerprint density at radius 2 is 1.05 bits per heavy atom. The summed E-state index contributed by atoms with van der Waals surface area (Å²) >= 11 is 0. The van der Waals surface area contributed by atoms with Crippen LogP contribution >= 0.6 is 0 Å². The molecule has 0 aliphatic carbocycles. The number of para-hydroxylation sites is 3. The largest absolute Gasteiger partial charge is 0.490 e. The van der Waals surface area contributed by atoms with Crippen molar-refractivity contribution in [3.63, 3.8) is 0 Å². The van der Waals surface area contributed by atoms with Gasteiger partial charge in [0, 0.05) is 76.6 Å². The van der Waals surface area contributed by atoms with Crippen LogP contribution in [0.2, 0.25) is 0 Å². The van der Waals surface area contributed by atoms with Gasteiger partial charge in [-0.3, -0.25) is 9.80 Å². The van der Waals surface area contributed by atoms with Crippen molar-refractivity contribution in [3.05, 3.63) is 132 Å². The van der Waals surface area contributed by atoms with Crippen LogP contribution in [0.1, 0.15) is 51.3 Å². The van der Waals surface area contributed by atoms with E-state index in [0.29, 0.717) is 36.3 Å². The topological polar surface area (TPSA) is 196 Å². The maximum atomic E-state index is 6.20. The van der Waals surface area contributed by atoms with Gasteiger partial charge in [-0.1, -0.05) is 107 Å². The molecule has 5 heterocycles. The quantitative estimate of drug-likeness (QED) is 0.0533. The third-order valence-electron chi connectivity index (χ3n) is 15.1. The van der Waals surface area contributed by atoms with Crippen LogP contribution in [0.3, 0.4) is 0 Å². The molecule has 2 saturated heterocycles. The molecule has 0 radical (unpaired) electrons. The molecule has 0 atom stereocenters. The van der Waals surface area contributed by atoms with Gasteiger partial charge < -0.3 is 51.4 Å². The molecule has 3 aromatic heterocycles. The third-order valence-corrected chi connectivity index (χ3v) is 15.1. The summed E-state index contributed by atoms with van der Waals surface area (Å²) in [7, 11) is 0. The first kappa shape index (κ1) is 48.5. The molecule has 0 unspecified atom stereocenters. The summed E-state index contributed by atoms with van der Waals surface area (Å²) in [6.45, 7) is 21.4. The number of anilines is 5. The van der Waals surface area contributed by atoms with E-state index in [9.17, 15) is 0 Å². The van der Waals surface area contributed by atoms with E-state index in [-0.39, 0.29) is 10.8 Å². The number of hydrogen-bond donors (Lipinski definition) is 6. The monoisotopic (exact) mass is 992 g/mol. The van der Waals surface area contributed by atoms with Crippen molar-refractivity contribution in [3.8, 4) is 34.3 Å². The van der Waals surface area contributed by atoms with Crippen LogP contribution in [0.5, 0.6) is 11.5 Å². The molecular weight excluding hydrogens is 923 g/mol. The lowest BCUT2D eigenvalue weighted by molar-refractivity contribution is 0.201. The standard InChI is InChI=1S/C59H69N13O2/c1-58(2,3)41-20-15-38(16-21-41)56-64-46-24-19-40(54(53(46)67-56)72-31-27-70(28-32-72)33-35-73-48-13-6-9-43(60)50(48)61)37-59(4,5)42-22-17-39(18-23-42)55-63-44-10-7-12-47(51(44)66-55)71-29-25-69(26-30-71)34-36-74-49-14-8-11-45-52(49)68-57(62)65-45/h6-24H,25-37,60-61H2,1-5H3,(H,63,66)(H,64,67)(H3,62,65,68). The van der Waals surface area contributed by atoms with Gasteiger partial charge in [0.2, 0.25) is 0 Å². The second-order valence-corrected chi connectivity index (χ2v) is 21.7. The molecule has 2 fully saturated rings. The van der Waals surface area contributed by atoms with Crippen molar-refractivity contribution in [2.45, 2.75) is 51.9 Å². The fourth-order valence-corrected chi connectivity index (χ4v) is 10.7. The summed E-state index contributed by atoms with van der Waals surface area (Å²) in [6, 6.07) is 40.2. The number of aromatic amines is 3. The van der Waals surface area contributed by atoms with Crippen LogP contribution in [0.25, 0.3) is 55.9 Å². The average Bonchev–Trinajstić information content (AvgIpc) is 4.15. The zero-order valence-electron chi connectivity index (χ0n) is 43.3. The molecule has 2 aliphatic heterocycles. The Balaban J connectivity index is 0.780. The summed E-state index contributed by atoms with van der Waals surface area (Å²) in [4.78, 5) is 35.4. The Morgan fingerprint density at radius 1 is 0.514 bits per heavy atom. The number of nitrogen functional groups attached to an aromatic ring is 3. The summed E-state index contributed by atoms with van der Waals surface area (Å²) in [5.74, 6) is 3.54. The van der Waals surface area contributed by atoms with Gasteiger partial charge in [0.1, 0.15) is 52.9 Å². The third kappa shape index (κ3) is 10.0. The summed E-state index contributed by atoms with van der Waals surface area (Å²) in [5.41, 5.74) is 33.2. The van der Waals surface area contributed by atoms with E-state index in [1.807, 2.05) is 30.3 Å². The molecule has 0 bridgehead atoms. The Kier molecular flexibility index (Phi) is 13.1. The first-order valence-corrected chi connectivity index (χ1v) is 26.0. The number of ether oxygens (including phenoxy) is 2. The summed E-state index contributed by atoms with van der Waals surface area (Å²) in [5, 5.41) is 0. The Hall–Kier alpha value is -7.75. The second kappa shape index (κ2) is 19.9. The molecule has 0 saturated carbocycles. The molecule has 0 spiro atoms. The molecule has 15 nitrogen and oxygen atoms in total. The van der Waals surface area contributed by atoms with E-state index in [2.05, 4.69) is 153 Å². The zero-order valence-corrected chi connectivity index (χ0v) is 43.3. The molecule has 15 heteroatoms. The number of nitrogens with two attached hydrogens (primary N) is 3. The lowest BCUT2D eigenvalue weighted by Gasteiger charge is -2.38. The van der Waals surface area contributed by atoms with Crippen LogP contribution in [-0.2, 0) is 17.3 Å². The van der Waals surface area contributed by atoms with Gasteiger partial charge in [-0.25, -0.2) is 15.0 Å². The predicted molar refractivity (Wildman–Crippen MR) is 303 cm³/mol. The Bertz CT molecular complexity index is 3410. The van der Waals surface area contributed by atoms with Gasteiger partial charge in [-0.15, -0.1) is 0 Å². The molecule has 0 amide bonds.